The molecule has 1 heterocycles. The fraction of sp³-hybridized carbons (Fsp3) is 0.583. The molecule has 1 unspecified atom stereocenters. The highest BCUT2D eigenvalue weighted by Crippen LogP contribution is 2.10. The Morgan fingerprint density at radius 3 is 2.63 bits per heavy atom. The second-order valence-electron chi connectivity index (χ2n) is 4.87. The van der Waals surface area contributed by atoms with E-state index in [1.165, 1.54) is 4.90 Å². The molecule has 1 aromatic rings. The Kier molecular flexibility index (Phi) is 5.35. The summed E-state index contributed by atoms with van der Waals surface area (Å²) in [5.41, 5.74) is 0.841. The quantitative estimate of drug-likeness (QED) is 0.722. The summed E-state index contributed by atoms with van der Waals surface area (Å²) in [4.78, 5) is 24.1. The van der Waals surface area contributed by atoms with E-state index in [1.54, 1.807) is 12.4 Å². The van der Waals surface area contributed by atoms with Gasteiger partial charge >= 0.3 is 12.0 Å². The van der Waals surface area contributed by atoms with Gasteiger partial charge in [0.1, 0.15) is 6.54 Å². The number of urea groups is 1. The number of carboxylic acid groups (broad SMARTS) is 1. The zero-order valence-electron chi connectivity index (χ0n) is 11.4. The molecule has 106 valence electrons. The van der Waals surface area contributed by atoms with Crippen LogP contribution >= 0.6 is 0 Å². The van der Waals surface area contributed by atoms with Crippen LogP contribution in [0.4, 0.5) is 4.79 Å². The van der Waals surface area contributed by atoms with Gasteiger partial charge in [-0.2, -0.15) is 5.10 Å². The molecule has 0 aliphatic carbocycles. The van der Waals surface area contributed by atoms with E-state index in [9.17, 15) is 9.59 Å². The van der Waals surface area contributed by atoms with Gasteiger partial charge in [-0.15, -0.1) is 0 Å². The number of aromatic amines is 1. The van der Waals surface area contributed by atoms with Crippen molar-refractivity contribution in [2.45, 2.75) is 26.8 Å². The molecule has 0 fully saturated rings. The molecule has 0 saturated carbocycles. The number of hydrogen-bond acceptors (Lipinski definition) is 3. The minimum absolute atomic E-state index is 0.203. The molecule has 1 aromatic heterocycles. The number of H-pyrrole nitrogens is 1. The van der Waals surface area contributed by atoms with Crippen LogP contribution in [0.25, 0.3) is 0 Å². The average molecular weight is 268 g/mol. The van der Waals surface area contributed by atoms with Gasteiger partial charge in [0.15, 0.2) is 0 Å². The molecule has 0 radical (unpaired) electrons. The summed E-state index contributed by atoms with van der Waals surface area (Å²) < 4.78 is 0. The number of amides is 2. The van der Waals surface area contributed by atoms with E-state index in [4.69, 9.17) is 5.11 Å². The summed E-state index contributed by atoms with van der Waals surface area (Å²) in [6.07, 6.45) is 3.31. The minimum atomic E-state index is -1.02. The normalized spacial score (nSPS) is 12.2. The molecule has 1 rings (SSSR count). The number of aromatic nitrogens is 2. The van der Waals surface area contributed by atoms with E-state index in [1.807, 2.05) is 20.8 Å². The second kappa shape index (κ2) is 6.77. The molecule has 0 aromatic carbocycles. The summed E-state index contributed by atoms with van der Waals surface area (Å²) in [5.74, 6) is -0.818. The van der Waals surface area contributed by atoms with Crippen LogP contribution in [0.3, 0.4) is 0 Å². The number of rotatable bonds is 6. The monoisotopic (exact) mass is 268 g/mol. The Bertz CT molecular complexity index is 417. The van der Waals surface area contributed by atoms with Crippen molar-refractivity contribution in [2.75, 3.05) is 13.1 Å². The van der Waals surface area contributed by atoms with Gasteiger partial charge in [-0.05, 0) is 12.8 Å². The Morgan fingerprint density at radius 2 is 2.16 bits per heavy atom. The summed E-state index contributed by atoms with van der Waals surface area (Å²) in [6, 6.07) is -0.612. The number of carbonyl (C=O) groups excluding carboxylic acids is 1. The van der Waals surface area contributed by atoms with Crippen LogP contribution in [0, 0.1) is 5.92 Å². The fourth-order valence-corrected chi connectivity index (χ4v) is 1.68. The molecule has 3 N–H and O–H groups in total. The molecule has 0 spiro atoms. The number of nitrogens with zero attached hydrogens (tertiary/aromatic N) is 2. The molecule has 7 nitrogen and oxygen atoms in total. The van der Waals surface area contributed by atoms with E-state index in [0.717, 1.165) is 5.56 Å². The number of aliphatic carboxylic acids is 1. The molecule has 19 heavy (non-hydrogen) atoms. The van der Waals surface area contributed by atoms with Crippen LogP contribution < -0.4 is 5.32 Å². The van der Waals surface area contributed by atoms with Crippen molar-refractivity contribution < 1.29 is 14.7 Å². The number of carbonyl (C=O) groups is 2. The standard InChI is InChI=1S/C12H20N4O3/c1-8(2)6-16(7-11(17)18)12(19)15-9(3)10-4-13-14-5-10/h4-5,8-9H,6-7H2,1-3H3,(H,13,14)(H,15,19)(H,17,18). The van der Waals surface area contributed by atoms with E-state index in [2.05, 4.69) is 15.5 Å². The van der Waals surface area contributed by atoms with E-state index < -0.39 is 5.97 Å². The molecule has 0 aliphatic heterocycles. The lowest BCUT2D eigenvalue weighted by atomic mass is 10.2. The molecule has 2 amide bonds. The lowest BCUT2D eigenvalue weighted by Gasteiger charge is -2.25. The zero-order chi connectivity index (χ0) is 14.4. The number of hydrogen-bond donors (Lipinski definition) is 3. The topological polar surface area (TPSA) is 98.3 Å². The maximum absolute atomic E-state index is 12.0. The van der Waals surface area contributed by atoms with Crippen LogP contribution in [-0.2, 0) is 4.79 Å². The third kappa shape index (κ3) is 4.99. The van der Waals surface area contributed by atoms with Crippen LogP contribution in [0.5, 0.6) is 0 Å². The maximum atomic E-state index is 12.0. The van der Waals surface area contributed by atoms with Gasteiger partial charge in [-0.25, -0.2) is 4.79 Å². The predicted molar refractivity (Wildman–Crippen MR) is 69.6 cm³/mol. The SMILES string of the molecule is CC(C)CN(CC(=O)O)C(=O)NC(C)c1cn[nH]c1. The van der Waals surface area contributed by atoms with E-state index in [0.29, 0.717) is 6.54 Å². The van der Waals surface area contributed by atoms with Gasteiger partial charge in [0, 0.05) is 18.3 Å². The van der Waals surface area contributed by atoms with Gasteiger partial charge in [0.2, 0.25) is 0 Å². The highest BCUT2D eigenvalue weighted by molar-refractivity contribution is 5.80. The smallest absolute Gasteiger partial charge is 0.323 e. The Labute approximate surface area is 112 Å². The van der Waals surface area contributed by atoms with Gasteiger partial charge in [0.25, 0.3) is 0 Å². The van der Waals surface area contributed by atoms with Gasteiger partial charge in [0.05, 0.1) is 12.2 Å². The molecular weight excluding hydrogens is 248 g/mol. The number of carboxylic acids is 1. The Balaban J connectivity index is 2.63. The molecule has 7 heteroatoms. The van der Waals surface area contributed by atoms with Crippen molar-refractivity contribution in [2.24, 2.45) is 5.92 Å². The first-order valence-electron chi connectivity index (χ1n) is 6.16. The first-order valence-corrected chi connectivity index (χ1v) is 6.16. The fourth-order valence-electron chi connectivity index (χ4n) is 1.68. The van der Waals surface area contributed by atoms with E-state index >= 15 is 0 Å². The summed E-state index contributed by atoms with van der Waals surface area (Å²) in [5, 5.41) is 18.1. The highest BCUT2D eigenvalue weighted by atomic mass is 16.4. The predicted octanol–water partition coefficient (Wildman–Crippen LogP) is 1.22. The molecular formula is C12H20N4O3. The summed E-state index contributed by atoms with van der Waals surface area (Å²) >= 11 is 0. The molecule has 0 aliphatic rings. The summed E-state index contributed by atoms with van der Waals surface area (Å²) in [7, 11) is 0. The lowest BCUT2D eigenvalue weighted by Crippen LogP contribution is -2.45. The Morgan fingerprint density at radius 1 is 1.47 bits per heavy atom. The van der Waals surface area contributed by atoms with E-state index in [-0.39, 0.29) is 24.5 Å². The minimum Gasteiger partial charge on any atom is -0.480 e. The van der Waals surface area contributed by atoms with Crippen molar-refractivity contribution in [1.29, 1.82) is 0 Å². The Hall–Kier alpha value is -2.05. The maximum Gasteiger partial charge on any atom is 0.323 e. The van der Waals surface area contributed by atoms with Crippen molar-refractivity contribution in [3.63, 3.8) is 0 Å². The van der Waals surface area contributed by atoms with Crippen molar-refractivity contribution >= 4 is 12.0 Å². The van der Waals surface area contributed by atoms with Gasteiger partial charge < -0.3 is 15.3 Å². The van der Waals surface area contributed by atoms with Crippen molar-refractivity contribution in [3.05, 3.63) is 18.0 Å². The first-order chi connectivity index (χ1) is 8.90. The van der Waals surface area contributed by atoms with Crippen molar-refractivity contribution in [3.8, 4) is 0 Å². The molecule has 0 bridgehead atoms. The van der Waals surface area contributed by atoms with Crippen LogP contribution in [-0.4, -0.2) is 45.3 Å². The lowest BCUT2D eigenvalue weighted by molar-refractivity contribution is -0.137. The molecule has 1 atom stereocenters. The zero-order valence-corrected chi connectivity index (χ0v) is 11.4. The second-order valence-corrected chi connectivity index (χ2v) is 4.87. The largest absolute Gasteiger partial charge is 0.480 e. The van der Waals surface area contributed by atoms with Gasteiger partial charge in [-0.3, -0.25) is 9.89 Å². The van der Waals surface area contributed by atoms with Crippen molar-refractivity contribution in [1.82, 2.24) is 20.4 Å². The first kappa shape index (κ1) is 15.0. The molecule has 0 saturated heterocycles. The average Bonchev–Trinajstić information content (AvgIpc) is 2.79. The van der Waals surface area contributed by atoms with Crippen LogP contribution in [0.2, 0.25) is 0 Å². The highest BCUT2D eigenvalue weighted by Gasteiger charge is 2.20. The third-order valence-electron chi connectivity index (χ3n) is 2.56. The van der Waals surface area contributed by atoms with Gasteiger partial charge in [-0.1, -0.05) is 13.8 Å². The summed E-state index contributed by atoms with van der Waals surface area (Å²) in [6.45, 7) is 5.78. The van der Waals surface area contributed by atoms with Crippen LogP contribution in [0.1, 0.15) is 32.4 Å². The van der Waals surface area contributed by atoms with Crippen LogP contribution in [0.15, 0.2) is 12.4 Å². The number of nitrogens with one attached hydrogen (secondary N) is 2. The third-order valence-corrected chi connectivity index (χ3v) is 2.56.